The van der Waals surface area contributed by atoms with E-state index in [9.17, 15) is 26.4 Å². The van der Waals surface area contributed by atoms with E-state index in [0.29, 0.717) is 38.4 Å². The SMILES string of the molecule is CN(C)CCCC1(c2cccnc2)CCN(CC(=O)C2CCCCN2S(=O)(=O)c2cccc(C(F)(F)F)c2)CC1. The topological polar surface area (TPSA) is 73.8 Å². The number of benzene rings is 1. The van der Waals surface area contributed by atoms with Crippen LogP contribution in [-0.2, 0) is 26.4 Å². The molecule has 1 aromatic carbocycles. The Kier molecular flexibility index (Phi) is 9.70. The van der Waals surface area contributed by atoms with Gasteiger partial charge < -0.3 is 4.90 Å². The van der Waals surface area contributed by atoms with E-state index in [0.717, 1.165) is 48.7 Å². The Bertz CT molecular complexity index is 1250. The molecular formula is C29H39F3N4O3S. The van der Waals surface area contributed by atoms with Gasteiger partial charge in [0.15, 0.2) is 5.78 Å². The van der Waals surface area contributed by atoms with E-state index >= 15 is 0 Å². The molecule has 11 heteroatoms. The number of Topliss-reactive ketones (excluding diaryl/α,β-unsaturated/α-hetero) is 1. The standard InChI is InChI=1S/C29H39F3N4O3S/c1-34(2)16-7-12-28(24-9-6-15-33-21-24)13-18-35(19-14-28)22-27(37)26-11-3-4-17-36(26)40(38,39)25-10-5-8-23(20-25)29(30,31)32/h5-6,8-10,15,20-21,26H,3-4,7,11-14,16-19,22H2,1-2H3. The summed E-state index contributed by atoms with van der Waals surface area (Å²) in [4.78, 5) is 21.7. The lowest BCUT2D eigenvalue weighted by atomic mass is 9.70. The van der Waals surface area contributed by atoms with E-state index in [1.54, 1.807) is 6.20 Å². The Balaban J connectivity index is 1.45. The molecule has 1 atom stereocenters. The number of halogens is 3. The molecule has 3 heterocycles. The van der Waals surface area contributed by atoms with Crippen LogP contribution in [0.1, 0.15) is 56.1 Å². The maximum atomic E-state index is 13.5. The summed E-state index contributed by atoms with van der Waals surface area (Å²) in [5, 5.41) is 0. The van der Waals surface area contributed by atoms with Gasteiger partial charge in [-0.2, -0.15) is 17.5 Å². The third-order valence-corrected chi connectivity index (χ3v) is 10.2. The maximum Gasteiger partial charge on any atom is 0.416 e. The van der Waals surface area contributed by atoms with Crippen molar-refractivity contribution in [3.05, 3.63) is 59.9 Å². The molecule has 0 bridgehead atoms. The van der Waals surface area contributed by atoms with Gasteiger partial charge in [0.1, 0.15) is 0 Å². The molecular weight excluding hydrogens is 541 g/mol. The number of ketones is 1. The fourth-order valence-corrected chi connectivity index (χ4v) is 7.77. The fourth-order valence-electron chi connectivity index (χ4n) is 6.04. The molecule has 1 aromatic heterocycles. The van der Waals surface area contributed by atoms with Crippen molar-refractivity contribution in [2.45, 2.75) is 67.5 Å². The van der Waals surface area contributed by atoms with Gasteiger partial charge in [-0.15, -0.1) is 0 Å². The summed E-state index contributed by atoms with van der Waals surface area (Å²) in [7, 11) is -0.144. The number of pyridine rings is 1. The monoisotopic (exact) mass is 580 g/mol. The molecule has 4 rings (SSSR count). The largest absolute Gasteiger partial charge is 0.416 e. The van der Waals surface area contributed by atoms with Crippen molar-refractivity contribution in [1.29, 1.82) is 0 Å². The van der Waals surface area contributed by atoms with Crippen LogP contribution in [0.5, 0.6) is 0 Å². The Labute approximate surface area is 235 Å². The molecule has 0 saturated carbocycles. The Morgan fingerprint density at radius 2 is 1.85 bits per heavy atom. The third-order valence-electron chi connectivity index (χ3n) is 8.32. The van der Waals surface area contributed by atoms with E-state index in [2.05, 4.69) is 34.9 Å². The normalized spacial score (nSPS) is 21.0. The number of aromatic nitrogens is 1. The molecule has 7 nitrogen and oxygen atoms in total. The van der Waals surface area contributed by atoms with Crippen molar-refractivity contribution in [2.75, 3.05) is 46.8 Å². The number of carbonyl (C=O) groups excluding carboxylic acids is 1. The summed E-state index contributed by atoms with van der Waals surface area (Å²) in [6.07, 6.45) is 4.49. The lowest BCUT2D eigenvalue weighted by Crippen LogP contribution is -2.52. The molecule has 40 heavy (non-hydrogen) atoms. The van der Waals surface area contributed by atoms with Crippen molar-refractivity contribution in [1.82, 2.24) is 19.1 Å². The van der Waals surface area contributed by atoms with Crippen LogP contribution in [0.15, 0.2) is 53.7 Å². The van der Waals surface area contributed by atoms with Gasteiger partial charge in [0.05, 0.1) is 23.0 Å². The Morgan fingerprint density at radius 3 is 2.50 bits per heavy atom. The van der Waals surface area contributed by atoms with Gasteiger partial charge in [-0.25, -0.2) is 8.42 Å². The van der Waals surface area contributed by atoms with Crippen molar-refractivity contribution in [3.8, 4) is 0 Å². The van der Waals surface area contributed by atoms with Gasteiger partial charge in [0.25, 0.3) is 0 Å². The number of sulfonamides is 1. The summed E-state index contributed by atoms with van der Waals surface area (Å²) < 4.78 is 67.8. The summed E-state index contributed by atoms with van der Waals surface area (Å²) in [5.41, 5.74) is 0.169. The van der Waals surface area contributed by atoms with Gasteiger partial charge >= 0.3 is 6.18 Å². The van der Waals surface area contributed by atoms with Crippen LogP contribution in [0.25, 0.3) is 0 Å². The number of carbonyl (C=O) groups is 1. The number of hydrogen-bond acceptors (Lipinski definition) is 6. The minimum absolute atomic E-state index is 0.0203. The number of piperidine rings is 2. The Hall–Kier alpha value is -2.34. The molecule has 0 radical (unpaired) electrons. The molecule has 220 valence electrons. The van der Waals surface area contributed by atoms with Crippen LogP contribution < -0.4 is 0 Å². The number of hydrogen-bond donors (Lipinski definition) is 0. The molecule has 2 fully saturated rings. The molecule has 0 aliphatic carbocycles. The zero-order valence-corrected chi connectivity index (χ0v) is 24.1. The minimum Gasteiger partial charge on any atom is -0.309 e. The first-order valence-corrected chi connectivity index (χ1v) is 15.4. The van der Waals surface area contributed by atoms with Gasteiger partial charge in [0.2, 0.25) is 10.0 Å². The van der Waals surface area contributed by atoms with Crippen LogP contribution in [0.3, 0.4) is 0 Å². The smallest absolute Gasteiger partial charge is 0.309 e. The van der Waals surface area contributed by atoms with Crippen molar-refractivity contribution in [2.24, 2.45) is 0 Å². The maximum absolute atomic E-state index is 13.5. The summed E-state index contributed by atoms with van der Waals surface area (Å²) in [6, 6.07) is 6.98. The van der Waals surface area contributed by atoms with E-state index in [1.165, 1.54) is 11.6 Å². The number of rotatable bonds is 10. The lowest BCUT2D eigenvalue weighted by molar-refractivity contribution is -0.137. The van der Waals surface area contributed by atoms with Crippen molar-refractivity contribution >= 4 is 15.8 Å². The van der Waals surface area contributed by atoms with Gasteiger partial charge in [0, 0.05) is 18.9 Å². The first kappa shape index (κ1) is 30.6. The average Bonchev–Trinajstić information content (AvgIpc) is 2.94. The van der Waals surface area contributed by atoms with Crippen LogP contribution in [0.2, 0.25) is 0 Å². The zero-order valence-electron chi connectivity index (χ0n) is 23.2. The molecule has 0 spiro atoms. The number of likely N-dealkylation sites (tertiary alicyclic amines) is 1. The van der Waals surface area contributed by atoms with E-state index < -0.39 is 32.7 Å². The zero-order chi connectivity index (χ0) is 29.0. The first-order valence-electron chi connectivity index (χ1n) is 13.9. The highest BCUT2D eigenvalue weighted by molar-refractivity contribution is 7.89. The number of nitrogens with zero attached hydrogens (tertiary/aromatic N) is 4. The molecule has 1 unspecified atom stereocenters. The number of alkyl halides is 3. The quantitative estimate of drug-likeness (QED) is 0.410. The van der Waals surface area contributed by atoms with E-state index in [-0.39, 0.29) is 24.3 Å². The van der Waals surface area contributed by atoms with Gasteiger partial charge in [-0.1, -0.05) is 18.6 Å². The highest BCUT2D eigenvalue weighted by Gasteiger charge is 2.41. The van der Waals surface area contributed by atoms with Crippen LogP contribution in [-0.4, -0.2) is 86.2 Å². The molecule has 0 amide bonds. The molecule has 2 aliphatic heterocycles. The Morgan fingerprint density at radius 1 is 1.10 bits per heavy atom. The van der Waals surface area contributed by atoms with Crippen molar-refractivity contribution < 1.29 is 26.4 Å². The van der Waals surface area contributed by atoms with E-state index in [1.807, 2.05) is 12.3 Å². The predicted octanol–water partition coefficient (Wildman–Crippen LogP) is 4.59. The van der Waals surface area contributed by atoms with E-state index in [4.69, 9.17) is 0 Å². The summed E-state index contributed by atoms with van der Waals surface area (Å²) >= 11 is 0. The van der Waals surface area contributed by atoms with Crippen LogP contribution in [0.4, 0.5) is 13.2 Å². The second kappa shape index (κ2) is 12.7. The summed E-state index contributed by atoms with van der Waals surface area (Å²) in [6.45, 7) is 2.64. The molecule has 2 aromatic rings. The molecule has 2 aliphatic rings. The predicted molar refractivity (Wildman–Crippen MR) is 147 cm³/mol. The van der Waals surface area contributed by atoms with Gasteiger partial charge in [-0.05, 0) is 107 Å². The summed E-state index contributed by atoms with van der Waals surface area (Å²) in [5.74, 6) is -0.197. The average molecular weight is 581 g/mol. The van der Waals surface area contributed by atoms with Crippen LogP contribution >= 0.6 is 0 Å². The van der Waals surface area contributed by atoms with Crippen molar-refractivity contribution in [3.63, 3.8) is 0 Å². The molecule has 2 saturated heterocycles. The van der Waals surface area contributed by atoms with Gasteiger partial charge in [-0.3, -0.25) is 14.7 Å². The fraction of sp³-hybridized carbons (Fsp3) is 0.586. The lowest BCUT2D eigenvalue weighted by Gasteiger charge is -2.43. The second-order valence-corrected chi connectivity index (χ2v) is 13.2. The molecule has 0 N–H and O–H groups in total. The minimum atomic E-state index is -4.66. The highest BCUT2D eigenvalue weighted by Crippen LogP contribution is 2.40. The third kappa shape index (κ3) is 7.10. The highest BCUT2D eigenvalue weighted by atomic mass is 32.2. The second-order valence-electron chi connectivity index (χ2n) is 11.3. The van der Waals surface area contributed by atoms with Crippen LogP contribution in [0, 0.1) is 0 Å². The first-order chi connectivity index (χ1) is 18.9.